The lowest BCUT2D eigenvalue weighted by molar-refractivity contribution is -0.386. The maximum atomic E-state index is 10.3. The summed E-state index contributed by atoms with van der Waals surface area (Å²) in [6.45, 7) is 0. The number of carbonyl (C=O) groups is 1. The van der Waals surface area contributed by atoms with Gasteiger partial charge in [-0.05, 0) is 0 Å². The highest BCUT2D eigenvalue weighted by Gasteiger charge is 2.25. The molecule has 3 N–H and O–H groups in total. The Morgan fingerprint density at radius 3 is 2.29 bits per heavy atom. The summed E-state index contributed by atoms with van der Waals surface area (Å²) in [5.74, 6) is -2.68. The van der Waals surface area contributed by atoms with Crippen LogP contribution in [0.25, 0.3) is 0 Å². The van der Waals surface area contributed by atoms with Crippen molar-refractivity contribution in [1.82, 2.24) is 0 Å². The van der Waals surface area contributed by atoms with Gasteiger partial charge in [-0.3, -0.25) is 14.9 Å². The van der Waals surface area contributed by atoms with Crippen LogP contribution in [-0.4, -0.2) is 26.5 Å². The summed E-state index contributed by atoms with van der Waals surface area (Å²) in [7, 11) is 0. The molecule has 0 saturated heterocycles. The van der Waals surface area contributed by atoms with Crippen molar-refractivity contribution in [2.24, 2.45) is 0 Å². The highest BCUT2D eigenvalue weighted by Crippen LogP contribution is 2.41. The van der Waals surface area contributed by atoms with Gasteiger partial charge in [0, 0.05) is 6.07 Å². The molecule has 7 nitrogen and oxygen atoms in total. The molecular weight excluding hydrogens is 194 g/mol. The van der Waals surface area contributed by atoms with E-state index in [1.54, 1.807) is 0 Å². The number of rotatable bonds is 2. The van der Waals surface area contributed by atoms with Gasteiger partial charge < -0.3 is 15.3 Å². The van der Waals surface area contributed by atoms with Gasteiger partial charge in [0.15, 0.2) is 6.29 Å². The topological polar surface area (TPSA) is 121 Å². The molecule has 0 aliphatic carbocycles. The van der Waals surface area contributed by atoms with Crippen LogP contribution in [-0.2, 0) is 0 Å². The van der Waals surface area contributed by atoms with Crippen LogP contribution in [0, 0.1) is 10.1 Å². The van der Waals surface area contributed by atoms with E-state index in [-0.39, 0.29) is 6.29 Å². The minimum atomic E-state index is -1.06. The van der Waals surface area contributed by atoms with E-state index in [1.807, 2.05) is 0 Å². The lowest BCUT2D eigenvalue weighted by Gasteiger charge is -2.03. The van der Waals surface area contributed by atoms with E-state index < -0.39 is 33.4 Å². The van der Waals surface area contributed by atoms with E-state index >= 15 is 0 Å². The molecule has 0 amide bonds. The van der Waals surface area contributed by atoms with E-state index in [9.17, 15) is 14.9 Å². The fraction of sp³-hybridized carbons (Fsp3) is 0. The molecule has 0 aliphatic heterocycles. The molecule has 0 aliphatic rings. The molecule has 0 fully saturated rings. The molecule has 0 aromatic heterocycles. The zero-order chi connectivity index (χ0) is 10.9. The summed E-state index contributed by atoms with van der Waals surface area (Å²) in [5.41, 5.74) is -1.64. The Balaban J connectivity index is 3.60. The molecule has 1 rings (SSSR count). The molecule has 0 saturated carbocycles. The number of hydrogen-bond acceptors (Lipinski definition) is 6. The maximum absolute atomic E-state index is 10.3. The van der Waals surface area contributed by atoms with Crippen LogP contribution in [0.2, 0.25) is 0 Å². The average molecular weight is 199 g/mol. The Kier molecular flexibility index (Phi) is 2.24. The first-order valence-corrected chi connectivity index (χ1v) is 3.36. The summed E-state index contributed by atoms with van der Waals surface area (Å²) in [6.07, 6.45) is 0.0527. The van der Waals surface area contributed by atoms with E-state index in [0.717, 1.165) is 0 Å². The molecule has 0 heterocycles. The standard InChI is InChI=1S/C7H5NO6/c9-2-3-4(10)1-5(11)6(7(3)12)8(13)14/h1-2,10-12H. The Bertz CT molecular complexity index is 413. The van der Waals surface area contributed by atoms with Crippen molar-refractivity contribution in [2.75, 3.05) is 0 Å². The van der Waals surface area contributed by atoms with Crippen LogP contribution < -0.4 is 0 Å². The largest absolute Gasteiger partial charge is 0.507 e. The predicted octanol–water partition coefficient (Wildman–Crippen LogP) is 0.524. The van der Waals surface area contributed by atoms with Crippen LogP contribution in [0.4, 0.5) is 5.69 Å². The third-order valence-corrected chi connectivity index (χ3v) is 1.57. The number of nitrogens with zero attached hydrogens (tertiary/aromatic N) is 1. The zero-order valence-corrected chi connectivity index (χ0v) is 6.67. The van der Waals surface area contributed by atoms with Gasteiger partial charge >= 0.3 is 5.69 Å². The Hall–Kier alpha value is -2.31. The van der Waals surface area contributed by atoms with Crippen molar-refractivity contribution in [3.63, 3.8) is 0 Å². The van der Waals surface area contributed by atoms with Crippen LogP contribution in [0.3, 0.4) is 0 Å². The summed E-state index contributed by atoms with van der Waals surface area (Å²) in [6, 6.07) is 0.613. The van der Waals surface area contributed by atoms with Gasteiger partial charge in [0.05, 0.1) is 4.92 Å². The number of aldehydes is 1. The fourth-order valence-corrected chi connectivity index (χ4v) is 0.942. The second-order valence-electron chi connectivity index (χ2n) is 2.40. The summed E-state index contributed by atoms with van der Waals surface area (Å²) in [4.78, 5) is 19.6. The van der Waals surface area contributed by atoms with Crippen molar-refractivity contribution in [3.8, 4) is 17.2 Å². The number of nitro groups is 1. The van der Waals surface area contributed by atoms with Crippen molar-refractivity contribution in [1.29, 1.82) is 0 Å². The number of phenolic OH excluding ortho intramolecular Hbond substituents is 3. The minimum absolute atomic E-state index is 0.0527. The average Bonchev–Trinajstić information content (AvgIpc) is 2.02. The van der Waals surface area contributed by atoms with Gasteiger partial charge in [-0.2, -0.15) is 0 Å². The molecule has 0 unspecified atom stereocenters. The Morgan fingerprint density at radius 2 is 1.86 bits per heavy atom. The quantitative estimate of drug-likeness (QED) is 0.362. The monoisotopic (exact) mass is 199 g/mol. The summed E-state index contributed by atoms with van der Waals surface area (Å²) in [5, 5.41) is 37.4. The molecule has 14 heavy (non-hydrogen) atoms. The lowest BCUT2D eigenvalue weighted by Crippen LogP contribution is -1.93. The SMILES string of the molecule is O=Cc1c(O)cc(O)c([N+](=O)[O-])c1O. The maximum Gasteiger partial charge on any atom is 0.352 e. The van der Waals surface area contributed by atoms with E-state index in [4.69, 9.17) is 15.3 Å². The summed E-state index contributed by atoms with van der Waals surface area (Å²) < 4.78 is 0. The first-order chi connectivity index (χ1) is 6.49. The molecule has 1 aromatic carbocycles. The Labute approximate surface area is 77.0 Å². The fourth-order valence-electron chi connectivity index (χ4n) is 0.942. The van der Waals surface area contributed by atoms with Gasteiger partial charge in [-0.1, -0.05) is 0 Å². The van der Waals surface area contributed by atoms with Crippen LogP contribution in [0.5, 0.6) is 17.2 Å². The van der Waals surface area contributed by atoms with Gasteiger partial charge in [-0.25, -0.2) is 0 Å². The van der Waals surface area contributed by atoms with Gasteiger partial charge in [-0.15, -0.1) is 0 Å². The van der Waals surface area contributed by atoms with Crippen molar-refractivity contribution < 1.29 is 25.0 Å². The molecule has 74 valence electrons. The van der Waals surface area contributed by atoms with Crippen molar-refractivity contribution in [2.45, 2.75) is 0 Å². The molecule has 0 bridgehead atoms. The second-order valence-corrected chi connectivity index (χ2v) is 2.40. The van der Waals surface area contributed by atoms with Crippen LogP contribution in [0.1, 0.15) is 10.4 Å². The first kappa shape index (κ1) is 9.78. The third-order valence-electron chi connectivity index (χ3n) is 1.57. The predicted molar refractivity (Wildman–Crippen MR) is 43.5 cm³/mol. The van der Waals surface area contributed by atoms with E-state index in [1.165, 1.54) is 0 Å². The minimum Gasteiger partial charge on any atom is -0.507 e. The van der Waals surface area contributed by atoms with E-state index in [0.29, 0.717) is 6.07 Å². The second kappa shape index (κ2) is 3.21. The van der Waals surface area contributed by atoms with Gasteiger partial charge in [0.25, 0.3) is 0 Å². The molecule has 7 heteroatoms. The summed E-state index contributed by atoms with van der Waals surface area (Å²) >= 11 is 0. The van der Waals surface area contributed by atoms with Gasteiger partial charge in [0.2, 0.25) is 11.5 Å². The zero-order valence-electron chi connectivity index (χ0n) is 6.67. The van der Waals surface area contributed by atoms with Crippen molar-refractivity contribution >= 4 is 12.0 Å². The number of aromatic hydroxyl groups is 3. The smallest absolute Gasteiger partial charge is 0.352 e. The highest BCUT2D eigenvalue weighted by molar-refractivity contribution is 5.87. The first-order valence-electron chi connectivity index (χ1n) is 3.36. The number of benzene rings is 1. The third kappa shape index (κ3) is 1.30. The molecule has 0 radical (unpaired) electrons. The molecule has 0 spiro atoms. The van der Waals surface area contributed by atoms with E-state index in [2.05, 4.69) is 0 Å². The van der Waals surface area contributed by atoms with Crippen molar-refractivity contribution in [3.05, 3.63) is 21.7 Å². The number of hydrogen-bond donors (Lipinski definition) is 3. The number of phenols is 3. The van der Waals surface area contributed by atoms with Gasteiger partial charge in [0.1, 0.15) is 11.3 Å². The number of carbonyl (C=O) groups excluding carboxylic acids is 1. The Morgan fingerprint density at radius 1 is 1.29 bits per heavy atom. The molecule has 1 aromatic rings. The molecular formula is C7H5NO6. The van der Waals surface area contributed by atoms with Crippen LogP contribution in [0.15, 0.2) is 6.07 Å². The normalized spacial score (nSPS) is 9.71. The number of nitro benzene ring substituents is 1. The van der Waals surface area contributed by atoms with Crippen LogP contribution >= 0.6 is 0 Å². The highest BCUT2D eigenvalue weighted by atomic mass is 16.6. The lowest BCUT2D eigenvalue weighted by atomic mass is 10.1. The molecule has 0 atom stereocenters.